The van der Waals surface area contributed by atoms with Crippen molar-refractivity contribution in [3.8, 4) is 0 Å². The van der Waals surface area contributed by atoms with Crippen LogP contribution in [0.5, 0.6) is 0 Å². The number of carboxylic acids is 1. The molecule has 1 aromatic carbocycles. The van der Waals surface area contributed by atoms with E-state index in [0.717, 1.165) is 23.0 Å². The first kappa shape index (κ1) is 15.1. The zero-order chi connectivity index (χ0) is 13.9. The molecule has 4 nitrogen and oxygen atoms in total. The Balaban J connectivity index is 0.00000161. The van der Waals surface area contributed by atoms with Crippen molar-refractivity contribution in [1.82, 2.24) is 9.55 Å². The predicted molar refractivity (Wildman–Crippen MR) is 84.1 cm³/mol. The normalized spacial score (nSPS) is 10.3. The molecule has 3 rings (SSSR count). The Kier molecular flexibility index (Phi) is 4.60. The highest BCUT2D eigenvalue weighted by atomic mass is 35.5. The summed E-state index contributed by atoms with van der Waals surface area (Å²) in [4.78, 5) is 15.6. The van der Waals surface area contributed by atoms with Gasteiger partial charge >= 0.3 is 5.97 Å². The molecule has 0 aliphatic carbocycles. The van der Waals surface area contributed by atoms with Crippen LogP contribution in [0, 0.1) is 0 Å². The summed E-state index contributed by atoms with van der Waals surface area (Å²) in [6, 6.07) is 13.4. The molecule has 108 valence electrons. The van der Waals surface area contributed by atoms with Crippen LogP contribution in [0.2, 0.25) is 0 Å². The number of fused-ring (bicyclic) bond motifs is 1. The van der Waals surface area contributed by atoms with Crippen molar-refractivity contribution in [2.45, 2.75) is 13.0 Å². The largest absolute Gasteiger partial charge is 0.478 e. The summed E-state index contributed by atoms with van der Waals surface area (Å²) in [5, 5.41) is 10.0. The summed E-state index contributed by atoms with van der Waals surface area (Å²) in [5.74, 6) is -0.891. The van der Waals surface area contributed by atoms with Crippen LogP contribution in [0.15, 0.2) is 54.9 Å². The number of nitrogens with zero attached hydrogens (tertiary/aromatic N) is 2. The number of hydrogen-bond donors (Lipinski definition) is 1. The number of aromatic nitrogens is 2. The van der Waals surface area contributed by atoms with Crippen molar-refractivity contribution >= 4 is 29.3 Å². The highest BCUT2D eigenvalue weighted by Gasteiger charge is 2.13. The van der Waals surface area contributed by atoms with Crippen LogP contribution in [0.4, 0.5) is 0 Å². The van der Waals surface area contributed by atoms with Gasteiger partial charge < -0.3 is 9.67 Å². The third kappa shape index (κ3) is 3.06. The van der Waals surface area contributed by atoms with Gasteiger partial charge in [0.25, 0.3) is 0 Å². The summed E-state index contributed by atoms with van der Waals surface area (Å²) in [5.41, 5.74) is 2.30. The first-order valence-corrected chi connectivity index (χ1v) is 6.47. The predicted octanol–water partition coefficient (Wildman–Crippen LogP) is 3.40. The minimum atomic E-state index is -0.891. The molecule has 0 radical (unpaired) electrons. The molecule has 0 spiro atoms. The van der Waals surface area contributed by atoms with Crippen LogP contribution in [0.25, 0.3) is 10.9 Å². The molecule has 0 fully saturated rings. The zero-order valence-electron chi connectivity index (χ0n) is 11.3. The molecule has 2 aromatic heterocycles. The molecule has 2 heterocycles. The number of rotatable bonds is 4. The van der Waals surface area contributed by atoms with Crippen molar-refractivity contribution in [3.63, 3.8) is 0 Å². The lowest BCUT2D eigenvalue weighted by Crippen LogP contribution is -2.01. The van der Waals surface area contributed by atoms with Crippen LogP contribution in [0.1, 0.15) is 16.1 Å². The van der Waals surface area contributed by atoms with Gasteiger partial charge in [-0.05, 0) is 18.2 Å². The van der Waals surface area contributed by atoms with Gasteiger partial charge in [0.1, 0.15) is 0 Å². The van der Waals surface area contributed by atoms with E-state index in [1.165, 1.54) is 0 Å². The molecule has 21 heavy (non-hydrogen) atoms. The van der Waals surface area contributed by atoms with E-state index in [1.807, 2.05) is 47.0 Å². The Hall–Kier alpha value is -2.33. The maximum atomic E-state index is 11.3. The smallest absolute Gasteiger partial charge is 0.337 e. The number of carboxylic acid groups (broad SMARTS) is 1. The molecule has 0 saturated heterocycles. The number of hydrogen-bond acceptors (Lipinski definition) is 2. The average molecular weight is 303 g/mol. The highest BCUT2D eigenvalue weighted by Crippen LogP contribution is 2.21. The monoisotopic (exact) mass is 302 g/mol. The topological polar surface area (TPSA) is 55.1 Å². The third-order valence-corrected chi connectivity index (χ3v) is 3.35. The fourth-order valence-corrected chi connectivity index (χ4v) is 2.38. The maximum Gasteiger partial charge on any atom is 0.337 e. The van der Waals surface area contributed by atoms with E-state index < -0.39 is 5.97 Å². The molecule has 0 aliphatic heterocycles. The van der Waals surface area contributed by atoms with Gasteiger partial charge in [-0.25, -0.2) is 4.79 Å². The highest BCUT2D eigenvalue weighted by molar-refractivity contribution is 6.03. The summed E-state index contributed by atoms with van der Waals surface area (Å²) in [6.45, 7) is 0.713. The Bertz CT molecular complexity index is 753. The van der Waals surface area contributed by atoms with Crippen molar-refractivity contribution in [2.24, 2.45) is 0 Å². The van der Waals surface area contributed by atoms with Gasteiger partial charge in [0, 0.05) is 42.0 Å². The Morgan fingerprint density at radius 1 is 1.14 bits per heavy atom. The van der Waals surface area contributed by atoms with E-state index in [4.69, 9.17) is 0 Å². The first-order chi connectivity index (χ1) is 9.75. The molecule has 0 unspecified atom stereocenters. The van der Waals surface area contributed by atoms with E-state index >= 15 is 0 Å². The third-order valence-electron chi connectivity index (χ3n) is 3.35. The van der Waals surface area contributed by atoms with Gasteiger partial charge in [-0.15, -0.1) is 12.4 Å². The first-order valence-electron chi connectivity index (χ1n) is 6.47. The summed E-state index contributed by atoms with van der Waals surface area (Å²) in [6.07, 6.45) is 4.25. The minimum Gasteiger partial charge on any atom is -0.478 e. The van der Waals surface area contributed by atoms with Crippen LogP contribution >= 0.6 is 12.4 Å². The van der Waals surface area contributed by atoms with Crippen molar-refractivity contribution in [1.29, 1.82) is 0 Å². The molecule has 0 atom stereocenters. The average Bonchev–Trinajstić information content (AvgIpc) is 2.85. The lowest BCUT2D eigenvalue weighted by Gasteiger charge is -2.04. The van der Waals surface area contributed by atoms with Gasteiger partial charge in [-0.1, -0.05) is 24.3 Å². The van der Waals surface area contributed by atoms with Gasteiger partial charge in [0.15, 0.2) is 0 Å². The molecule has 0 amide bonds. The lowest BCUT2D eigenvalue weighted by atomic mass is 10.2. The molecule has 0 bridgehead atoms. The van der Waals surface area contributed by atoms with Crippen LogP contribution in [-0.4, -0.2) is 20.6 Å². The molecule has 5 heteroatoms. The number of aryl methyl sites for hydroxylation is 2. The van der Waals surface area contributed by atoms with E-state index in [1.54, 1.807) is 12.4 Å². The molecule has 0 saturated carbocycles. The van der Waals surface area contributed by atoms with Crippen LogP contribution in [-0.2, 0) is 13.0 Å². The van der Waals surface area contributed by atoms with E-state index in [9.17, 15) is 9.90 Å². The lowest BCUT2D eigenvalue weighted by molar-refractivity contribution is 0.0699. The van der Waals surface area contributed by atoms with Gasteiger partial charge in [-0.3, -0.25) is 4.98 Å². The molecular weight excluding hydrogens is 288 g/mol. The Morgan fingerprint density at radius 3 is 2.62 bits per heavy atom. The van der Waals surface area contributed by atoms with E-state index in [0.29, 0.717) is 12.1 Å². The number of aromatic carboxylic acids is 1. The second-order valence-electron chi connectivity index (χ2n) is 4.63. The molecule has 1 N–H and O–H groups in total. The van der Waals surface area contributed by atoms with E-state index in [2.05, 4.69) is 4.98 Å². The van der Waals surface area contributed by atoms with Gasteiger partial charge in [0.05, 0.1) is 5.56 Å². The van der Waals surface area contributed by atoms with Gasteiger partial charge in [0.2, 0.25) is 0 Å². The Labute approximate surface area is 128 Å². The number of carbonyl (C=O) groups is 1. The summed E-state index contributed by atoms with van der Waals surface area (Å²) >= 11 is 0. The van der Waals surface area contributed by atoms with Gasteiger partial charge in [-0.2, -0.15) is 0 Å². The second-order valence-corrected chi connectivity index (χ2v) is 4.63. The van der Waals surface area contributed by atoms with Crippen molar-refractivity contribution in [2.75, 3.05) is 0 Å². The van der Waals surface area contributed by atoms with E-state index in [-0.39, 0.29) is 12.4 Å². The summed E-state index contributed by atoms with van der Waals surface area (Å²) < 4.78 is 1.98. The molecular formula is C16H15ClN2O2. The van der Waals surface area contributed by atoms with Crippen molar-refractivity contribution < 1.29 is 9.90 Å². The standard InChI is InChI=1S/C16H14N2O2.ClH/c19-16(20)14-11-18(15-7-2-1-6-13(14)15)10-8-12-5-3-4-9-17-12;/h1-7,9,11H,8,10H2,(H,19,20);1H. The van der Waals surface area contributed by atoms with Crippen LogP contribution < -0.4 is 0 Å². The zero-order valence-corrected chi connectivity index (χ0v) is 12.1. The van der Waals surface area contributed by atoms with Crippen molar-refractivity contribution in [3.05, 3.63) is 66.1 Å². The quantitative estimate of drug-likeness (QED) is 0.803. The molecule has 3 aromatic rings. The molecule has 0 aliphatic rings. The fourth-order valence-electron chi connectivity index (χ4n) is 2.38. The number of benzene rings is 1. The van der Waals surface area contributed by atoms with Crippen LogP contribution in [0.3, 0.4) is 0 Å². The minimum absolute atomic E-state index is 0. The fraction of sp³-hybridized carbons (Fsp3) is 0.125. The maximum absolute atomic E-state index is 11.3. The Morgan fingerprint density at radius 2 is 1.90 bits per heavy atom. The number of pyridine rings is 1. The summed E-state index contributed by atoms with van der Waals surface area (Å²) in [7, 11) is 0. The SMILES string of the molecule is Cl.O=C(O)c1cn(CCc2ccccn2)c2ccccc12. The number of halogens is 1. The second kappa shape index (κ2) is 6.41. The number of para-hydroxylation sites is 1.